The molecule has 5 heteroatoms. The van der Waals surface area contributed by atoms with E-state index in [-0.39, 0.29) is 12.0 Å². The van der Waals surface area contributed by atoms with Crippen molar-refractivity contribution in [2.75, 3.05) is 0 Å². The summed E-state index contributed by atoms with van der Waals surface area (Å²) in [6.45, 7) is 0. The summed E-state index contributed by atoms with van der Waals surface area (Å²) < 4.78 is 0. The first-order valence-electron chi connectivity index (χ1n) is 8.51. The number of aliphatic carboxylic acids is 1. The number of carboxylic acids is 1. The van der Waals surface area contributed by atoms with Crippen molar-refractivity contribution in [3.05, 3.63) is 88.7 Å². The van der Waals surface area contributed by atoms with Crippen LogP contribution in [0.5, 0.6) is 0 Å². The zero-order valence-electron chi connectivity index (χ0n) is 14.3. The van der Waals surface area contributed by atoms with E-state index < -0.39 is 5.97 Å². The summed E-state index contributed by atoms with van der Waals surface area (Å²) in [5.41, 5.74) is 3.96. The molecule has 0 aliphatic carbocycles. The summed E-state index contributed by atoms with van der Waals surface area (Å²) >= 11 is 0. The monoisotopic (exact) mass is 356 g/mol. The van der Waals surface area contributed by atoms with E-state index in [2.05, 4.69) is 9.97 Å². The number of nitrogens with zero attached hydrogens (tertiary/aromatic N) is 1. The van der Waals surface area contributed by atoms with Crippen LogP contribution in [0.1, 0.15) is 5.56 Å². The van der Waals surface area contributed by atoms with Gasteiger partial charge in [0.25, 0.3) is 5.56 Å². The van der Waals surface area contributed by atoms with Crippen molar-refractivity contribution in [1.29, 1.82) is 0 Å². The molecule has 132 valence electrons. The molecule has 0 amide bonds. The number of fused-ring (bicyclic) bond motifs is 1. The third kappa shape index (κ3) is 3.48. The molecule has 3 aromatic carbocycles. The lowest BCUT2D eigenvalue weighted by Crippen LogP contribution is -2.09. The largest absolute Gasteiger partial charge is 0.481 e. The molecule has 0 fully saturated rings. The Bertz CT molecular complexity index is 1190. The van der Waals surface area contributed by atoms with Crippen molar-refractivity contribution < 1.29 is 9.90 Å². The lowest BCUT2D eigenvalue weighted by atomic mass is 10.0. The van der Waals surface area contributed by atoms with Gasteiger partial charge in [-0.1, -0.05) is 60.7 Å². The molecule has 4 rings (SSSR count). The molecule has 0 spiro atoms. The van der Waals surface area contributed by atoms with E-state index in [1.807, 2.05) is 60.7 Å². The minimum absolute atomic E-state index is 0.00578. The number of aromatic nitrogens is 2. The normalized spacial score (nSPS) is 10.8. The Morgan fingerprint density at radius 3 is 2.41 bits per heavy atom. The van der Waals surface area contributed by atoms with Gasteiger partial charge < -0.3 is 10.1 Å². The number of carboxylic acid groups (broad SMARTS) is 1. The van der Waals surface area contributed by atoms with Crippen molar-refractivity contribution in [3.63, 3.8) is 0 Å². The lowest BCUT2D eigenvalue weighted by Gasteiger charge is -2.07. The van der Waals surface area contributed by atoms with Crippen LogP contribution in [0.25, 0.3) is 33.4 Å². The number of hydrogen-bond acceptors (Lipinski definition) is 3. The molecule has 0 atom stereocenters. The van der Waals surface area contributed by atoms with Gasteiger partial charge in [0.15, 0.2) is 0 Å². The average Bonchev–Trinajstić information content (AvgIpc) is 2.68. The SMILES string of the molecule is O=C(O)Cc1cccc(-c2ccc(-c3nc4ccccc4c(=O)[nH]3)cc2)c1. The smallest absolute Gasteiger partial charge is 0.307 e. The highest BCUT2D eigenvalue weighted by Crippen LogP contribution is 2.24. The molecule has 5 nitrogen and oxygen atoms in total. The van der Waals surface area contributed by atoms with E-state index in [1.165, 1.54) is 0 Å². The fraction of sp³-hybridized carbons (Fsp3) is 0.0455. The van der Waals surface area contributed by atoms with Crippen LogP contribution in [-0.2, 0) is 11.2 Å². The zero-order valence-corrected chi connectivity index (χ0v) is 14.3. The van der Waals surface area contributed by atoms with Gasteiger partial charge in [-0.2, -0.15) is 0 Å². The van der Waals surface area contributed by atoms with Crippen LogP contribution in [-0.4, -0.2) is 21.0 Å². The molecule has 1 heterocycles. The van der Waals surface area contributed by atoms with Gasteiger partial charge in [-0.15, -0.1) is 0 Å². The minimum Gasteiger partial charge on any atom is -0.481 e. The number of para-hydroxylation sites is 1. The fourth-order valence-electron chi connectivity index (χ4n) is 3.08. The van der Waals surface area contributed by atoms with E-state index in [0.717, 1.165) is 22.3 Å². The minimum atomic E-state index is -0.853. The summed E-state index contributed by atoms with van der Waals surface area (Å²) in [4.78, 5) is 30.5. The topological polar surface area (TPSA) is 83.0 Å². The van der Waals surface area contributed by atoms with Crippen LogP contribution in [0.2, 0.25) is 0 Å². The van der Waals surface area contributed by atoms with Crippen LogP contribution < -0.4 is 5.56 Å². The van der Waals surface area contributed by atoms with Gasteiger partial charge in [0.2, 0.25) is 0 Å². The molecule has 0 aliphatic heterocycles. The third-order valence-electron chi connectivity index (χ3n) is 4.39. The number of H-pyrrole nitrogens is 1. The molecule has 0 saturated carbocycles. The quantitative estimate of drug-likeness (QED) is 0.581. The van der Waals surface area contributed by atoms with Crippen molar-refractivity contribution in [3.8, 4) is 22.5 Å². The summed E-state index contributed by atoms with van der Waals surface area (Å²) in [7, 11) is 0. The Morgan fingerprint density at radius 1 is 0.889 bits per heavy atom. The van der Waals surface area contributed by atoms with Crippen LogP contribution in [0.15, 0.2) is 77.6 Å². The van der Waals surface area contributed by atoms with Crippen molar-refractivity contribution in [2.24, 2.45) is 0 Å². The maximum Gasteiger partial charge on any atom is 0.307 e. The molecule has 27 heavy (non-hydrogen) atoms. The average molecular weight is 356 g/mol. The van der Waals surface area contributed by atoms with Crippen LogP contribution in [0, 0.1) is 0 Å². The Balaban J connectivity index is 1.69. The Labute approximate surface area is 155 Å². The van der Waals surface area contributed by atoms with Crippen molar-refractivity contribution in [1.82, 2.24) is 9.97 Å². The van der Waals surface area contributed by atoms with Gasteiger partial charge in [-0.25, -0.2) is 4.98 Å². The number of rotatable bonds is 4. The molecule has 0 radical (unpaired) electrons. The Kier molecular flexibility index (Phi) is 4.26. The molecule has 0 bridgehead atoms. The van der Waals surface area contributed by atoms with Gasteiger partial charge in [0.05, 0.1) is 17.3 Å². The molecule has 0 unspecified atom stereocenters. The first-order chi connectivity index (χ1) is 13.1. The van der Waals surface area contributed by atoms with E-state index in [9.17, 15) is 9.59 Å². The van der Waals surface area contributed by atoms with Gasteiger partial charge in [0.1, 0.15) is 5.82 Å². The molecule has 0 saturated heterocycles. The van der Waals surface area contributed by atoms with Crippen LogP contribution in [0.3, 0.4) is 0 Å². The van der Waals surface area contributed by atoms with Gasteiger partial charge >= 0.3 is 5.97 Å². The van der Waals surface area contributed by atoms with E-state index in [0.29, 0.717) is 16.7 Å². The lowest BCUT2D eigenvalue weighted by molar-refractivity contribution is -0.136. The number of carbonyl (C=O) groups is 1. The maximum absolute atomic E-state index is 12.2. The molecule has 0 aliphatic rings. The Hall–Kier alpha value is -3.73. The second kappa shape index (κ2) is 6.88. The number of hydrogen-bond donors (Lipinski definition) is 2. The maximum atomic E-state index is 12.2. The van der Waals surface area contributed by atoms with Crippen molar-refractivity contribution in [2.45, 2.75) is 6.42 Å². The summed E-state index contributed by atoms with van der Waals surface area (Å²) in [5, 5.41) is 9.52. The van der Waals surface area contributed by atoms with Gasteiger partial charge in [-0.3, -0.25) is 9.59 Å². The van der Waals surface area contributed by atoms with Gasteiger partial charge in [-0.05, 0) is 28.8 Å². The van der Waals surface area contributed by atoms with Gasteiger partial charge in [0, 0.05) is 5.56 Å². The predicted molar refractivity (Wildman–Crippen MR) is 105 cm³/mol. The first kappa shape index (κ1) is 16.7. The molecule has 2 N–H and O–H groups in total. The first-order valence-corrected chi connectivity index (χ1v) is 8.51. The van der Waals surface area contributed by atoms with Crippen molar-refractivity contribution >= 4 is 16.9 Å². The highest BCUT2D eigenvalue weighted by molar-refractivity contribution is 5.79. The second-order valence-electron chi connectivity index (χ2n) is 6.28. The van der Waals surface area contributed by atoms with E-state index in [1.54, 1.807) is 12.1 Å². The van der Waals surface area contributed by atoms with Crippen LogP contribution in [0.4, 0.5) is 0 Å². The molecular formula is C22H16N2O3. The summed E-state index contributed by atoms with van der Waals surface area (Å²) in [6, 6.07) is 22.4. The molecular weight excluding hydrogens is 340 g/mol. The van der Waals surface area contributed by atoms with E-state index in [4.69, 9.17) is 5.11 Å². The Morgan fingerprint density at radius 2 is 1.63 bits per heavy atom. The number of benzene rings is 3. The van der Waals surface area contributed by atoms with Crippen LogP contribution >= 0.6 is 0 Å². The standard InChI is InChI=1S/C22H16N2O3/c25-20(26)13-14-4-3-5-17(12-14)15-8-10-16(11-9-15)21-23-19-7-2-1-6-18(19)22(27)24-21/h1-12H,13H2,(H,25,26)(H,23,24,27). The number of aromatic amines is 1. The van der Waals surface area contributed by atoms with E-state index >= 15 is 0 Å². The summed E-state index contributed by atoms with van der Waals surface area (Å²) in [6.07, 6.45) is -0.00578. The summed E-state index contributed by atoms with van der Waals surface area (Å²) in [5.74, 6) is -0.335. The highest BCUT2D eigenvalue weighted by Gasteiger charge is 2.07. The zero-order chi connectivity index (χ0) is 18.8. The number of nitrogens with one attached hydrogen (secondary N) is 1. The molecule has 1 aromatic heterocycles. The predicted octanol–water partition coefficient (Wildman–Crippen LogP) is 3.88. The highest BCUT2D eigenvalue weighted by atomic mass is 16.4. The second-order valence-corrected chi connectivity index (χ2v) is 6.28. The molecule has 4 aromatic rings. The fourth-order valence-corrected chi connectivity index (χ4v) is 3.08. The third-order valence-corrected chi connectivity index (χ3v) is 4.39.